The Hall–Kier alpha value is -2.74. The number of nitrogens with zero attached hydrogens (tertiary/aromatic N) is 3. The number of thiophene rings is 1. The highest BCUT2D eigenvalue weighted by Gasteiger charge is 2.32. The molecule has 1 N–H and O–H groups in total. The Labute approximate surface area is 187 Å². The third-order valence-electron chi connectivity index (χ3n) is 6.07. The van der Waals surface area contributed by atoms with Crippen molar-refractivity contribution in [3.05, 3.63) is 46.7 Å². The summed E-state index contributed by atoms with van der Waals surface area (Å²) in [4.78, 5) is 32.9. The van der Waals surface area contributed by atoms with Crippen LogP contribution in [0.15, 0.2) is 41.8 Å². The molecule has 0 radical (unpaired) electrons. The number of carbonyl (C=O) groups is 2. The van der Waals surface area contributed by atoms with Gasteiger partial charge in [0.2, 0.25) is 5.91 Å². The molecule has 1 atom stereocenters. The fourth-order valence-electron chi connectivity index (χ4n) is 4.37. The topological polar surface area (TPSA) is 65.1 Å². The van der Waals surface area contributed by atoms with E-state index < -0.39 is 0 Å². The van der Waals surface area contributed by atoms with Gasteiger partial charge in [0.05, 0.1) is 25.3 Å². The molecule has 8 heteroatoms. The number of anilines is 1. The van der Waals surface area contributed by atoms with Gasteiger partial charge in [-0.15, -0.1) is 11.3 Å². The van der Waals surface area contributed by atoms with Crippen molar-refractivity contribution in [2.45, 2.75) is 19.4 Å². The molecule has 0 spiro atoms. The van der Waals surface area contributed by atoms with E-state index >= 15 is 0 Å². The van der Waals surface area contributed by atoms with Crippen LogP contribution in [0.5, 0.6) is 5.75 Å². The van der Waals surface area contributed by atoms with Crippen LogP contribution in [-0.4, -0.2) is 68.1 Å². The Morgan fingerprint density at radius 3 is 2.61 bits per heavy atom. The number of likely N-dealkylation sites (tertiary alicyclic amines) is 1. The molecule has 3 amide bonds. The van der Waals surface area contributed by atoms with E-state index in [1.165, 1.54) is 0 Å². The number of amides is 3. The number of piperidine rings is 1. The van der Waals surface area contributed by atoms with Crippen molar-refractivity contribution in [1.82, 2.24) is 15.1 Å². The molecule has 0 bridgehead atoms. The number of methoxy groups -OCH3 is 1. The molecule has 3 heterocycles. The van der Waals surface area contributed by atoms with Gasteiger partial charge in [0.25, 0.3) is 0 Å². The van der Waals surface area contributed by atoms with Crippen LogP contribution in [0.1, 0.15) is 17.7 Å². The van der Waals surface area contributed by atoms with E-state index in [0.717, 1.165) is 42.2 Å². The molecule has 166 valence electrons. The molecule has 7 nitrogen and oxygen atoms in total. The molecule has 0 saturated carbocycles. The third kappa shape index (κ3) is 5.12. The maximum absolute atomic E-state index is 13.2. The van der Waals surface area contributed by atoms with Crippen molar-refractivity contribution in [1.29, 1.82) is 0 Å². The first-order valence-corrected chi connectivity index (χ1v) is 11.8. The van der Waals surface area contributed by atoms with Gasteiger partial charge in [0.15, 0.2) is 0 Å². The minimum atomic E-state index is -0.112. The van der Waals surface area contributed by atoms with Crippen LogP contribution in [0, 0.1) is 5.92 Å². The van der Waals surface area contributed by atoms with E-state index in [9.17, 15) is 9.59 Å². The second-order valence-corrected chi connectivity index (χ2v) is 9.04. The monoisotopic (exact) mass is 442 g/mol. The largest absolute Gasteiger partial charge is 0.495 e. The van der Waals surface area contributed by atoms with Crippen molar-refractivity contribution < 1.29 is 14.3 Å². The van der Waals surface area contributed by atoms with Crippen molar-refractivity contribution in [2.24, 2.45) is 5.92 Å². The minimum absolute atomic E-state index is 0.0770. The van der Waals surface area contributed by atoms with Crippen LogP contribution < -0.4 is 15.0 Å². The van der Waals surface area contributed by atoms with E-state index in [1.807, 2.05) is 40.6 Å². The number of benzene rings is 1. The average Bonchev–Trinajstić information content (AvgIpc) is 3.36. The standard InChI is InChI=1S/C23H30N4O3S/c1-30-21-9-3-2-8-20(21)25-11-13-26(14-12-25)22(28)18-6-4-10-27(17-18)23(29)24-16-19-7-5-15-31-19/h2-3,5,7-9,15,18H,4,6,10-14,16-17H2,1H3,(H,24,29). The lowest BCUT2D eigenvalue weighted by Crippen LogP contribution is -2.54. The summed E-state index contributed by atoms with van der Waals surface area (Å²) in [6.45, 7) is 4.70. The first kappa shape index (κ1) is 21.5. The fraction of sp³-hybridized carbons (Fsp3) is 0.478. The Morgan fingerprint density at radius 1 is 1.06 bits per heavy atom. The smallest absolute Gasteiger partial charge is 0.317 e. The van der Waals surface area contributed by atoms with Gasteiger partial charge in [-0.1, -0.05) is 18.2 Å². The minimum Gasteiger partial charge on any atom is -0.495 e. The zero-order chi connectivity index (χ0) is 21.6. The summed E-state index contributed by atoms with van der Waals surface area (Å²) in [5.41, 5.74) is 1.07. The van der Waals surface area contributed by atoms with E-state index in [0.29, 0.717) is 32.7 Å². The number of rotatable bonds is 5. The lowest BCUT2D eigenvalue weighted by molar-refractivity contribution is -0.137. The zero-order valence-corrected chi connectivity index (χ0v) is 18.8. The van der Waals surface area contributed by atoms with Gasteiger partial charge in [-0.3, -0.25) is 4.79 Å². The number of nitrogens with one attached hydrogen (secondary N) is 1. The molecule has 4 rings (SSSR count). The summed E-state index contributed by atoms with van der Waals surface area (Å²) in [5, 5.41) is 4.99. The highest BCUT2D eigenvalue weighted by molar-refractivity contribution is 7.09. The van der Waals surface area contributed by atoms with Crippen LogP contribution in [0.2, 0.25) is 0 Å². The summed E-state index contributed by atoms with van der Waals surface area (Å²) in [5.74, 6) is 0.924. The molecule has 2 saturated heterocycles. The maximum atomic E-state index is 13.2. The highest BCUT2D eigenvalue weighted by Crippen LogP contribution is 2.29. The first-order chi connectivity index (χ1) is 15.2. The van der Waals surface area contributed by atoms with Gasteiger partial charge in [-0.25, -0.2) is 4.79 Å². The second kappa shape index (κ2) is 10.0. The number of hydrogen-bond donors (Lipinski definition) is 1. The molecule has 31 heavy (non-hydrogen) atoms. The molecular formula is C23H30N4O3S. The van der Waals surface area contributed by atoms with E-state index in [2.05, 4.69) is 16.3 Å². The predicted octanol–water partition coefficient (Wildman–Crippen LogP) is 3.03. The van der Waals surface area contributed by atoms with Crippen molar-refractivity contribution in [3.8, 4) is 5.75 Å². The molecule has 0 aliphatic carbocycles. The Morgan fingerprint density at radius 2 is 1.87 bits per heavy atom. The molecule has 1 aromatic heterocycles. The van der Waals surface area contributed by atoms with Crippen LogP contribution in [0.4, 0.5) is 10.5 Å². The molecule has 2 aromatic rings. The Bertz CT molecular complexity index is 881. The van der Waals surface area contributed by atoms with Gasteiger partial charge < -0.3 is 24.8 Å². The lowest BCUT2D eigenvalue weighted by Gasteiger charge is -2.40. The third-order valence-corrected chi connectivity index (χ3v) is 6.95. The Kier molecular flexibility index (Phi) is 6.96. The summed E-state index contributed by atoms with van der Waals surface area (Å²) in [7, 11) is 1.68. The van der Waals surface area contributed by atoms with Crippen LogP contribution in [0.25, 0.3) is 0 Å². The number of urea groups is 1. The summed E-state index contributed by atoms with van der Waals surface area (Å²) >= 11 is 1.63. The number of carbonyl (C=O) groups excluding carboxylic acids is 2. The lowest BCUT2D eigenvalue weighted by atomic mass is 9.96. The number of piperazine rings is 1. The number of ether oxygens (including phenoxy) is 1. The maximum Gasteiger partial charge on any atom is 0.317 e. The van der Waals surface area contributed by atoms with E-state index in [-0.39, 0.29) is 17.9 Å². The SMILES string of the molecule is COc1ccccc1N1CCN(C(=O)C2CCCN(C(=O)NCc3cccs3)C2)CC1. The summed E-state index contributed by atoms with van der Waals surface area (Å²) in [6, 6.07) is 11.9. The van der Waals surface area contributed by atoms with Crippen molar-refractivity contribution >= 4 is 29.0 Å². The molecular weight excluding hydrogens is 412 g/mol. The first-order valence-electron chi connectivity index (χ1n) is 10.9. The van der Waals surface area contributed by atoms with Crippen LogP contribution in [0.3, 0.4) is 0 Å². The predicted molar refractivity (Wildman–Crippen MR) is 123 cm³/mol. The van der Waals surface area contributed by atoms with Crippen molar-refractivity contribution in [3.63, 3.8) is 0 Å². The highest BCUT2D eigenvalue weighted by atomic mass is 32.1. The molecule has 2 aliphatic heterocycles. The summed E-state index contributed by atoms with van der Waals surface area (Å²) in [6.07, 6.45) is 1.71. The summed E-state index contributed by atoms with van der Waals surface area (Å²) < 4.78 is 5.48. The quantitative estimate of drug-likeness (QED) is 0.773. The fourth-order valence-corrected chi connectivity index (χ4v) is 5.01. The molecule has 1 aromatic carbocycles. The van der Waals surface area contributed by atoms with Gasteiger partial charge in [0.1, 0.15) is 5.75 Å². The number of para-hydroxylation sites is 2. The molecule has 2 aliphatic rings. The van der Waals surface area contributed by atoms with Gasteiger partial charge in [-0.2, -0.15) is 0 Å². The Balaban J connectivity index is 1.28. The van der Waals surface area contributed by atoms with Crippen molar-refractivity contribution in [2.75, 3.05) is 51.3 Å². The van der Waals surface area contributed by atoms with E-state index in [4.69, 9.17) is 4.74 Å². The zero-order valence-electron chi connectivity index (χ0n) is 18.0. The number of hydrogen-bond acceptors (Lipinski definition) is 5. The van der Waals surface area contributed by atoms with Crippen LogP contribution >= 0.6 is 11.3 Å². The molecule has 1 unspecified atom stereocenters. The van der Waals surface area contributed by atoms with E-state index in [1.54, 1.807) is 23.3 Å². The van der Waals surface area contributed by atoms with Crippen LogP contribution in [-0.2, 0) is 11.3 Å². The normalized spacial score (nSPS) is 19.3. The molecule has 2 fully saturated rings. The van der Waals surface area contributed by atoms with Gasteiger partial charge >= 0.3 is 6.03 Å². The average molecular weight is 443 g/mol. The van der Waals surface area contributed by atoms with Gasteiger partial charge in [-0.05, 0) is 36.4 Å². The van der Waals surface area contributed by atoms with Gasteiger partial charge in [0, 0.05) is 44.1 Å². The second-order valence-electron chi connectivity index (χ2n) is 8.01.